The van der Waals surface area contributed by atoms with Gasteiger partial charge in [0.25, 0.3) is 0 Å². The zero-order valence-corrected chi connectivity index (χ0v) is 14.8. The van der Waals surface area contributed by atoms with Crippen LogP contribution in [0.2, 0.25) is 0 Å². The first-order valence-electron chi connectivity index (χ1n) is 7.87. The van der Waals surface area contributed by atoms with Crippen LogP contribution in [0.15, 0.2) is 70.3 Å². The number of nitrogens with zero attached hydrogens (tertiary/aromatic N) is 1. The highest BCUT2D eigenvalue weighted by Gasteiger charge is 2.25. The topological polar surface area (TPSA) is 97.5 Å². The molecule has 0 bridgehead atoms. The Balaban J connectivity index is 1.97. The van der Waals surface area contributed by atoms with Gasteiger partial charge in [-0.3, -0.25) is 4.79 Å². The zero-order valence-electron chi connectivity index (χ0n) is 14.0. The van der Waals surface area contributed by atoms with Crippen molar-refractivity contribution in [1.82, 2.24) is 4.98 Å². The molecule has 6 nitrogen and oxygen atoms in total. The Hall–Kier alpha value is -2.93. The molecule has 1 heterocycles. The lowest BCUT2D eigenvalue weighted by molar-refractivity contribution is -0.139. The molecular weight excluding hydrogens is 354 g/mol. The molecule has 0 spiro atoms. The lowest BCUT2D eigenvalue weighted by Crippen LogP contribution is -2.15. The number of benzene rings is 2. The Morgan fingerprint density at radius 2 is 1.85 bits per heavy atom. The second kappa shape index (κ2) is 7.13. The van der Waals surface area contributed by atoms with Crippen molar-refractivity contribution >= 4 is 15.8 Å². The Morgan fingerprint density at radius 1 is 1.15 bits per heavy atom. The SMILES string of the molecule is CS(=O)(=O)c1ccc(-c2ccccc2CC(C(=O)O)c2ncco2)cc1. The Morgan fingerprint density at radius 3 is 2.42 bits per heavy atom. The maximum absolute atomic E-state index is 11.6. The van der Waals surface area contributed by atoms with Crippen molar-refractivity contribution in [1.29, 1.82) is 0 Å². The third-order valence-corrected chi connectivity index (χ3v) is 5.21. The van der Waals surface area contributed by atoms with E-state index >= 15 is 0 Å². The van der Waals surface area contributed by atoms with Crippen LogP contribution >= 0.6 is 0 Å². The summed E-state index contributed by atoms with van der Waals surface area (Å²) in [5, 5.41) is 9.53. The summed E-state index contributed by atoms with van der Waals surface area (Å²) in [6.45, 7) is 0. The fourth-order valence-electron chi connectivity index (χ4n) is 2.77. The minimum Gasteiger partial charge on any atom is -0.481 e. The predicted octanol–water partition coefficient (Wildman–Crippen LogP) is 3.16. The monoisotopic (exact) mass is 371 g/mol. The van der Waals surface area contributed by atoms with E-state index in [9.17, 15) is 18.3 Å². The van der Waals surface area contributed by atoms with Crippen molar-refractivity contribution in [2.24, 2.45) is 0 Å². The molecule has 0 radical (unpaired) electrons. The van der Waals surface area contributed by atoms with Gasteiger partial charge in [0.1, 0.15) is 12.2 Å². The number of hydrogen-bond acceptors (Lipinski definition) is 5. The van der Waals surface area contributed by atoms with Gasteiger partial charge in [-0.1, -0.05) is 36.4 Å². The maximum atomic E-state index is 11.6. The molecule has 0 saturated carbocycles. The van der Waals surface area contributed by atoms with E-state index in [1.54, 1.807) is 24.3 Å². The Labute approximate surface area is 151 Å². The lowest BCUT2D eigenvalue weighted by atomic mass is 9.92. The van der Waals surface area contributed by atoms with Gasteiger partial charge in [-0.05, 0) is 35.2 Å². The number of carbonyl (C=O) groups is 1. The Kier molecular flexibility index (Phi) is 4.90. The third-order valence-electron chi connectivity index (χ3n) is 4.08. The van der Waals surface area contributed by atoms with Crippen LogP contribution in [0.1, 0.15) is 17.4 Å². The fourth-order valence-corrected chi connectivity index (χ4v) is 3.40. The van der Waals surface area contributed by atoms with Gasteiger partial charge in [0.05, 0.1) is 11.1 Å². The average molecular weight is 371 g/mol. The standard InChI is InChI=1S/C19H17NO5S/c1-26(23,24)15-8-6-13(7-9-15)16-5-3-2-4-14(16)12-17(19(21)22)18-20-10-11-25-18/h2-11,17H,12H2,1H3,(H,21,22). The number of oxazole rings is 1. The van der Waals surface area contributed by atoms with Crippen LogP contribution in [0.3, 0.4) is 0 Å². The average Bonchev–Trinajstić information content (AvgIpc) is 3.13. The summed E-state index contributed by atoms with van der Waals surface area (Å²) in [6, 6.07) is 13.9. The molecule has 0 aliphatic heterocycles. The number of aromatic nitrogens is 1. The zero-order chi connectivity index (χ0) is 18.7. The number of sulfone groups is 1. The largest absolute Gasteiger partial charge is 0.481 e. The molecule has 134 valence electrons. The van der Waals surface area contributed by atoms with E-state index in [0.717, 1.165) is 22.9 Å². The fraction of sp³-hybridized carbons (Fsp3) is 0.158. The molecule has 1 N–H and O–H groups in total. The van der Waals surface area contributed by atoms with Crippen LogP contribution in [0.25, 0.3) is 11.1 Å². The summed E-state index contributed by atoms with van der Waals surface area (Å²) in [5.41, 5.74) is 2.46. The molecule has 0 fully saturated rings. The van der Waals surface area contributed by atoms with Gasteiger partial charge in [0, 0.05) is 6.26 Å². The molecule has 0 aliphatic rings. The van der Waals surface area contributed by atoms with Crippen molar-refractivity contribution in [3.63, 3.8) is 0 Å². The molecule has 0 aliphatic carbocycles. The van der Waals surface area contributed by atoms with Gasteiger partial charge in [-0.2, -0.15) is 0 Å². The highest BCUT2D eigenvalue weighted by Crippen LogP contribution is 2.29. The van der Waals surface area contributed by atoms with Crippen molar-refractivity contribution < 1.29 is 22.7 Å². The van der Waals surface area contributed by atoms with Gasteiger partial charge in [-0.25, -0.2) is 13.4 Å². The van der Waals surface area contributed by atoms with Crippen LogP contribution < -0.4 is 0 Å². The van der Waals surface area contributed by atoms with Crippen LogP contribution in [0.4, 0.5) is 0 Å². The second-order valence-corrected chi connectivity index (χ2v) is 7.93. The van der Waals surface area contributed by atoms with Gasteiger partial charge >= 0.3 is 5.97 Å². The third kappa shape index (κ3) is 3.83. The van der Waals surface area contributed by atoms with E-state index in [-0.39, 0.29) is 17.2 Å². The second-order valence-electron chi connectivity index (χ2n) is 5.92. The molecular formula is C19H17NO5S. The summed E-state index contributed by atoms with van der Waals surface area (Å²) in [6.07, 6.45) is 4.13. The molecule has 1 aromatic heterocycles. The number of carboxylic acid groups (broad SMARTS) is 1. The number of carboxylic acids is 1. The van der Waals surface area contributed by atoms with Crippen LogP contribution in [-0.4, -0.2) is 30.7 Å². The van der Waals surface area contributed by atoms with Crippen molar-refractivity contribution in [2.45, 2.75) is 17.2 Å². The smallest absolute Gasteiger partial charge is 0.316 e. The van der Waals surface area contributed by atoms with Crippen molar-refractivity contribution in [2.75, 3.05) is 6.26 Å². The van der Waals surface area contributed by atoms with E-state index in [1.165, 1.54) is 12.5 Å². The normalized spacial score (nSPS) is 12.7. The lowest BCUT2D eigenvalue weighted by Gasteiger charge is -2.13. The summed E-state index contributed by atoms with van der Waals surface area (Å²) in [7, 11) is -3.27. The molecule has 7 heteroatoms. The molecule has 3 aromatic rings. The van der Waals surface area contributed by atoms with Crippen LogP contribution in [0.5, 0.6) is 0 Å². The van der Waals surface area contributed by atoms with Crippen LogP contribution in [-0.2, 0) is 21.1 Å². The Bertz CT molecular complexity index is 1010. The molecule has 26 heavy (non-hydrogen) atoms. The molecule has 2 aromatic carbocycles. The number of hydrogen-bond donors (Lipinski definition) is 1. The summed E-state index contributed by atoms with van der Waals surface area (Å²) < 4.78 is 28.4. The van der Waals surface area contributed by atoms with E-state index in [4.69, 9.17) is 4.42 Å². The summed E-state index contributed by atoms with van der Waals surface area (Å²) >= 11 is 0. The van der Waals surface area contributed by atoms with Gasteiger partial charge in [0.2, 0.25) is 5.89 Å². The number of rotatable bonds is 6. The first kappa shape index (κ1) is 17.9. The highest BCUT2D eigenvalue weighted by molar-refractivity contribution is 7.90. The van der Waals surface area contributed by atoms with Gasteiger partial charge < -0.3 is 9.52 Å². The molecule has 0 saturated heterocycles. The van der Waals surface area contributed by atoms with Crippen LogP contribution in [0, 0.1) is 0 Å². The predicted molar refractivity (Wildman–Crippen MR) is 95.6 cm³/mol. The van der Waals surface area contributed by atoms with E-state index in [1.807, 2.05) is 24.3 Å². The minimum absolute atomic E-state index is 0.153. The molecule has 1 atom stereocenters. The summed E-state index contributed by atoms with van der Waals surface area (Å²) in [5.74, 6) is -1.77. The van der Waals surface area contributed by atoms with Crippen molar-refractivity contribution in [3.05, 3.63) is 72.4 Å². The molecule has 0 amide bonds. The van der Waals surface area contributed by atoms with E-state index in [2.05, 4.69) is 4.98 Å². The van der Waals surface area contributed by atoms with Gasteiger partial charge in [0.15, 0.2) is 9.84 Å². The first-order chi connectivity index (χ1) is 12.4. The highest BCUT2D eigenvalue weighted by atomic mass is 32.2. The first-order valence-corrected chi connectivity index (χ1v) is 9.76. The molecule has 3 rings (SSSR count). The molecule has 1 unspecified atom stereocenters. The van der Waals surface area contributed by atoms with E-state index < -0.39 is 21.7 Å². The van der Waals surface area contributed by atoms with Crippen molar-refractivity contribution in [3.8, 4) is 11.1 Å². The maximum Gasteiger partial charge on any atom is 0.316 e. The quantitative estimate of drug-likeness (QED) is 0.715. The van der Waals surface area contributed by atoms with Gasteiger partial charge in [-0.15, -0.1) is 0 Å². The number of aliphatic carboxylic acids is 1. The van der Waals surface area contributed by atoms with E-state index in [0.29, 0.717) is 0 Å². The minimum atomic E-state index is -3.27. The summed E-state index contributed by atoms with van der Waals surface area (Å²) in [4.78, 5) is 15.8.